The largest absolute Gasteiger partial charge is 0.476 e. The number of carbonyl (C=O) groups is 3. The van der Waals surface area contributed by atoms with Crippen LogP contribution >= 0.6 is 0 Å². The molecule has 1 aromatic carbocycles. The van der Waals surface area contributed by atoms with Crippen molar-refractivity contribution in [2.45, 2.75) is 58.3 Å². The summed E-state index contributed by atoms with van der Waals surface area (Å²) in [6, 6.07) is 2.14. The number of hydrogen-bond acceptors (Lipinski definition) is 5. The smallest absolute Gasteiger partial charge is 0.407 e. The molecule has 0 unspecified atom stereocenters. The van der Waals surface area contributed by atoms with Gasteiger partial charge in [-0.05, 0) is 51.0 Å². The Labute approximate surface area is 189 Å². The topological polar surface area (TPSA) is 114 Å². The molecule has 33 heavy (non-hydrogen) atoms. The maximum atomic E-state index is 14.2. The fraction of sp³-hybridized carbons (Fsp3) is 0.455. The van der Waals surface area contributed by atoms with Crippen LogP contribution in [0.5, 0.6) is 0 Å². The first kappa shape index (κ1) is 24.1. The van der Waals surface area contributed by atoms with Crippen molar-refractivity contribution in [2.75, 3.05) is 6.54 Å². The van der Waals surface area contributed by atoms with Crippen molar-refractivity contribution in [3.63, 3.8) is 0 Å². The summed E-state index contributed by atoms with van der Waals surface area (Å²) in [4.78, 5) is 41.9. The molecule has 2 N–H and O–H groups in total. The van der Waals surface area contributed by atoms with E-state index in [1.165, 1.54) is 11.1 Å². The minimum atomic E-state index is -1.16. The normalized spacial score (nSPS) is 14.4. The molecule has 3 rings (SSSR count). The number of carboxylic acid groups (broad SMARTS) is 1. The van der Waals surface area contributed by atoms with E-state index < -0.39 is 35.3 Å². The lowest BCUT2D eigenvalue weighted by Crippen LogP contribution is -2.45. The zero-order valence-electron chi connectivity index (χ0n) is 18.6. The maximum Gasteiger partial charge on any atom is 0.407 e. The fourth-order valence-electron chi connectivity index (χ4n) is 3.52. The summed E-state index contributed by atoms with van der Waals surface area (Å²) in [6.07, 6.45) is 0.318. The minimum absolute atomic E-state index is 0.0177. The Kier molecular flexibility index (Phi) is 6.99. The molecular formula is C22H26F2N4O5. The molecule has 1 aliphatic rings. The van der Waals surface area contributed by atoms with Gasteiger partial charge in [0, 0.05) is 31.7 Å². The number of aromatic nitrogens is 2. The van der Waals surface area contributed by atoms with E-state index in [1.54, 1.807) is 25.3 Å². The first-order valence-corrected chi connectivity index (χ1v) is 10.4. The van der Waals surface area contributed by atoms with E-state index in [9.17, 15) is 23.2 Å². The number of carbonyl (C=O) groups excluding carboxylic acids is 2. The third kappa shape index (κ3) is 6.50. The van der Waals surface area contributed by atoms with Crippen LogP contribution in [-0.4, -0.2) is 55.7 Å². The van der Waals surface area contributed by atoms with E-state index in [4.69, 9.17) is 9.84 Å². The Hall–Kier alpha value is -3.50. The van der Waals surface area contributed by atoms with Crippen LogP contribution in [-0.2, 0) is 29.0 Å². The average molecular weight is 464 g/mol. The SMILES string of the molecule is CC(C)(C)OC(=O)N[C@@H](CC(=O)N1CCn2cc(C(=O)O)nc2C1)Cc1cc(F)ccc1F. The molecule has 0 aliphatic carbocycles. The second-order valence-electron chi connectivity index (χ2n) is 8.84. The van der Waals surface area contributed by atoms with Crippen molar-refractivity contribution in [1.29, 1.82) is 0 Å². The number of nitrogens with zero attached hydrogens (tertiary/aromatic N) is 3. The highest BCUT2D eigenvalue weighted by atomic mass is 19.1. The fourth-order valence-corrected chi connectivity index (χ4v) is 3.52. The van der Waals surface area contributed by atoms with Crippen molar-refractivity contribution in [1.82, 2.24) is 19.8 Å². The lowest BCUT2D eigenvalue weighted by molar-refractivity contribution is -0.133. The number of imidazole rings is 1. The quantitative estimate of drug-likeness (QED) is 0.680. The predicted molar refractivity (Wildman–Crippen MR) is 112 cm³/mol. The molecule has 0 saturated carbocycles. The van der Waals surface area contributed by atoms with Crippen molar-refractivity contribution >= 4 is 18.0 Å². The Balaban J connectivity index is 1.74. The molecule has 0 saturated heterocycles. The number of nitrogens with one attached hydrogen (secondary N) is 1. The maximum absolute atomic E-state index is 14.2. The van der Waals surface area contributed by atoms with Gasteiger partial charge in [-0.15, -0.1) is 0 Å². The number of benzene rings is 1. The van der Waals surface area contributed by atoms with E-state index in [2.05, 4.69) is 10.3 Å². The van der Waals surface area contributed by atoms with Gasteiger partial charge in [-0.2, -0.15) is 0 Å². The monoisotopic (exact) mass is 464 g/mol. The van der Waals surface area contributed by atoms with Crippen LogP contribution in [0.25, 0.3) is 0 Å². The first-order chi connectivity index (χ1) is 15.4. The van der Waals surface area contributed by atoms with Gasteiger partial charge < -0.3 is 24.6 Å². The second kappa shape index (κ2) is 9.55. The molecule has 2 amide bonds. The number of alkyl carbamates (subject to hydrolysis) is 1. The third-order valence-corrected chi connectivity index (χ3v) is 4.99. The lowest BCUT2D eigenvalue weighted by Gasteiger charge is -2.30. The van der Waals surface area contributed by atoms with Crippen LogP contribution in [0.15, 0.2) is 24.4 Å². The number of rotatable bonds is 6. The van der Waals surface area contributed by atoms with Crippen LogP contribution in [0.1, 0.15) is 49.1 Å². The summed E-state index contributed by atoms with van der Waals surface area (Å²) >= 11 is 0. The van der Waals surface area contributed by atoms with Gasteiger partial charge >= 0.3 is 12.1 Å². The number of carboxylic acids is 1. The van der Waals surface area contributed by atoms with Gasteiger partial charge in [0.2, 0.25) is 5.91 Å². The number of halogens is 2. The second-order valence-corrected chi connectivity index (χ2v) is 8.84. The molecule has 9 nitrogen and oxygen atoms in total. The molecule has 1 atom stereocenters. The van der Waals surface area contributed by atoms with E-state index in [-0.39, 0.29) is 36.6 Å². The highest BCUT2D eigenvalue weighted by Gasteiger charge is 2.28. The summed E-state index contributed by atoms with van der Waals surface area (Å²) in [6.45, 7) is 5.82. The summed E-state index contributed by atoms with van der Waals surface area (Å²) in [7, 11) is 0. The molecule has 1 aliphatic heterocycles. The van der Waals surface area contributed by atoms with Crippen LogP contribution < -0.4 is 5.32 Å². The zero-order chi connectivity index (χ0) is 24.3. The van der Waals surface area contributed by atoms with E-state index in [0.717, 1.165) is 18.2 Å². The first-order valence-electron chi connectivity index (χ1n) is 10.4. The van der Waals surface area contributed by atoms with E-state index in [1.807, 2.05) is 0 Å². The predicted octanol–water partition coefficient (Wildman–Crippen LogP) is 2.73. The van der Waals surface area contributed by atoms with Crippen molar-refractivity contribution in [3.8, 4) is 0 Å². The number of amides is 2. The van der Waals surface area contributed by atoms with Gasteiger partial charge in [-0.25, -0.2) is 23.4 Å². The Morgan fingerprint density at radius 1 is 1.24 bits per heavy atom. The van der Waals surface area contributed by atoms with Gasteiger partial charge in [0.05, 0.1) is 6.54 Å². The zero-order valence-corrected chi connectivity index (χ0v) is 18.6. The van der Waals surface area contributed by atoms with Gasteiger partial charge in [0.15, 0.2) is 5.69 Å². The Morgan fingerprint density at radius 3 is 2.64 bits per heavy atom. The number of aromatic carboxylic acids is 1. The number of fused-ring (bicyclic) bond motifs is 1. The van der Waals surface area contributed by atoms with Crippen molar-refractivity contribution in [2.24, 2.45) is 0 Å². The molecular weight excluding hydrogens is 438 g/mol. The van der Waals surface area contributed by atoms with E-state index in [0.29, 0.717) is 18.9 Å². The van der Waals surface area contributed by atoms with Crippen molar-refractivity contribution < 1.29 is 33.0 Å². The minimum Gasteiger partial charge on any atom is -0.476 e. The summed E-state index contributed by atoms with van der Waals surface area (Å²) in [5.41, 5.74) is -0.872. The van der Waals surface area contributed by atoms with Gasteiger partial charge in [-0.1, -0.05) is 0 Å². The molecule has 2 aromatic rings. The highest BCUT2D eigenvalue weighted by molar-refractivity contribution is 5.85. The van der Waals surface area contributed by atoms with Gasteiger partial charge in [-0.3, -0.25) is 4.79 Å². The molecule has 178 valence electrons. The summed E-state index contributed by atoms with van der Waals surface area (Å²) < 4.78 is 34.7. The average Bonchev–Trinajstić information content (AvgIpc) is 3.13. The molecule has 0 radical (unpaired) electrons. The summed E-state index contributed by atoms with van der Waals surface area (Å²) in [5.74, 6) is -2.36. The number of hydrogen-bond donors (Lipinski definition) is 2. The third-order valence-electron chi connectivity index (χ3n) is 4.99. The van der Waals surface area contributed by atoms with Crippen LogP contribution in [0.2, 0.25) is 0 Å². The van der Waals surface area contributed by atoms with Crippen molar-refractivity contribution in [3.05, 3.63) is 53.1 Å². The molecule has 0 bridgehead atoms. The van der Waals surface area contributed by atoms with E-state index >= 15 is 0 Å². The van der Waals surface area contributed by atoms with Crippen LogP contribution in [0.4, 0.5) is 13.6 Å². The standard InChI is InChI=1S/C22H26F2N4O5/c1-22(2,3)33-21(32)25-15(9-13-8-14(23)4-5-16(13)24)10-19(29)28-7-6-27-11-17(20(30)31)26-18(27)12-28/h4-5,8,11,15H,6-7,9-10,12H2,1-3H3,(H,25,32)(H,30,31)/t15-/m1/s1. The molecule has 11 heteroatoms. The van der Waals surface area contributed by atoms with Gasteiger partial charge in [0.25, 0.3) is 0 Å². The van der Waals surface area contributed by atoms with Crippen LogP contribution in [0.3, 0.4) is 0 Å². The lowest BCUT2D eigenvalue weighted by atomic mass is 10.0. The van der Waals surface area contributed by atoms with Gasteiger partial charge in [0.1, 0.15) is 23.1 Å². The Bertz CT molecular complexity index is 1060. The molecule has 0 fully saturated rings. The molecule has 0 spiro atoms. The summed E-state index contributed by atoms with van der Waals surface area (Å²) in [5, 5.41) is 11.7. The number of ether oxygens (including phenoxy) is 1. The highest BCUT2D eigenvalue weighted by Crippen LogP contribution is 2.18. The Morgan fingerprint density at radius 2 is 1.97 bits per heavy atom. The molecule has 1 aromatic heterocycles. The molecule has 2 heterocycles. The van der Waals surface area contributed by atoms with Crippen LogP contribution in [0, 0.1) is 11.6 Å².